The first kappa shape index (κ1) is 19.8. The number of hydrogen-bond acceptors (Lipinski definition) is 3. The Morgan fingerprint density at radius 2 is 1.31 bits per heavy atom. The predicted octanol–water partition coefficient (Wildman–Crippen LogP) is 4.17. The van der Waals surface area contributed by atoms with Crippen molar-refractivity contribution < 1.29 is 14.4 Å². The van der Waals surface area contributed by atoms with E-state index in [2.05, 4.69) is 10.6 Å². The molecule has 3 aromatic rings. The molecule has 0 aliphatic rings. The number of carbonyl (C=O) groups excluding carboxylic acids is 3. The van der Waals surface area contributed by atoms with Crippen LogP contribution in [0.15, 0.2) is 78.9 Å². The third-order valence-electron chi connectivity index (χ3n) is 4.28. The Kier molecular flexibility index (Phi) is 6.04. The Hall–Kier alpha value is -3.93. The fourth-order valence-corrected chi connectivity index (χ4v) is 2.81. The van der Waals surface area contributed by atoms with E-state index in [1.54, 1.807) is 60.5 Å². The van der Waals surface area contributed by atoms with Crippen LogP contribution in [-0.4, -0.2) is 24.8 Å². The van der Waals surface area contributed by atoms with Crippen molar-refractivity contribution in [2.75, 3.05) is 22.6 Å². The van der Waals surface area contributed by atoms with Crippen molar-refractivity contribution in [1.82, 2.24) is 0 Å². The van der Waals surface area contributed by atoms with Crippen LogP contribution < -0.4 is 15.5 Å². The van der Waals surface area contributed by atoms with E-state index in [4.69, 9.17) is 0 Å². The van der Waals surface area contributed by atoms with Crippen molar-refractivity contribution in [2.45, 2.75) is 6.92 Å². The first-order valence-electron chi connectivity index (χ1n) is 9.06. The largest absolute Gasteiger partial charge is 0.326 e. The Labute approximate surface area is 169 Å². The molecule has 0 unspecified atom stereocenters. The highest BCUT2D eigenvalue weighted by atomic mass is 16.2. The molecule has 6 nitrogen and oxygen atoms in total. The molecule has 2 N–H and O–H groups in total. The van der Waals surface area contributed by atoms with Gasteiger partial charge >= 0.3 is 0 Å². The van der Waals surface area contributed by atoms with E-state index in [0.717, 1.165) is 5.69 Å². The van der Waals surface area contributed by atoms with Gasteiger partial charge in [-0.1, -0.05) is 24.3 Å². The van der Waals surface area contributed by atoms with E-state index >= 15 is 0 Å². The molecule has 0 aliphatic heterocycles. The summed E-state index contributed by atoms with van der Waals surface area (Å²) in [5.74, 6) is -0.652. The Morgan fingerprint density at radius 3 is 1.93 bits per heavy atom. The van der Waals surface area contributed by atoms with Crippen molar-refractivity contribution in [3.63, 3.8) is 0 Å². The second-order valence-corrected chi connectivity index (χ2v) is 6.49. The maximum atomic E-state index is 12.6. The lowest BCUT2D eigenvalue weighted by Gasteiger charge is -2.17. The molecule has 0 saturated carbocycles. The van der Waals surface area contributed by atoms with Crippen molar-refractivity contribution in [1.29, 1.82) is 0 Å². The van der Waals surface area contributed by atoms with Crippen molar-refractivity contribution >= 4 is 34.8 Å². The van der Waals surface area contributed by atoms with E-state index < -0.39 is 0 Å². The number of rotatable bonds is 5. The molecule has 0 aliphatic carbocycles. The van der Waals surface area contributed by atoms with Crippen LogP contribution in [0.2, 0.25) is 0 Å². The van der Waals surface area contributed by atoms with E-state index in [1.807, 2.05) is 30.3 Å². The maximum absolute atomic E-state index is 12.6. The molecular weight excluding hydrogens is 366 g/mol. The third-order valence-corrected chi connectivity index (χ3v) is 4.28. The average molecular weight is 387 g/mol. The monoisotopic (exact) mass is 387 g/mol. The van der Waals surface area contributed by atoms with Crippen LogP contribution >= 0.6 is 0 Å². The number of anilines is 3. The van der Waals surface area contributed by atoms with E-state index in [0.29, 0.717) is 22.5 Å². The summed E-state index contributed by atoms with van der Waals surface area (Å²) in [6.45, 7) is 1.42. The molecule has 0 spiro atoms. The molecule has 0 atom stereocenters. The lowest BCUT2D eigenvalue weighted by Crippen LogP contribution is -2.26. The highest BCUT2D eigenvalue weighted by molar-refractivity contribution is 6.08. The summed E-state index contributed by atoms with van der Waals surface area (Å²) in [6, 6.07) is 22.7. The highest BCUT2D eigenvalue weighted by Crippen LogP contribution is 2.18. The minimum absolute atomic E-state index is 0.161. The first-order chi connectivity index (χ1) is 13.9. The number of nitrogens with zero attached hydrogens (tertiary/aromatic N) is 1. The molecule has 6 heteroatoms. The molecule has 0 fully saturated rings. The number of hydrogen-bond donors (Lipinski definition) is 2. The average Bonchev–Trinajstić information content (AvgIpc) is 2.73. The van der Waals surface area contributed by atoms with Gasteiger partial charge in [0, 0.05) is 42.2 Å². The SMILES string of the molecule is CC(=O)Nc1cccc(NC(=O)c2ccc(C(=O)N(C)c3ccccc3)cc2)c1. The van der Waals surface area contributed by atoms with Gasteiger partial charge in [0.15, 0.2) is 0 Å². The maximum Gasteiger partial charge on any atom is 0.258 e. The van der Waals surface area contributed by atoms with Crippen LogP contribution in [0.5, 0.6) is 0 Å². The van der Waals surface area contributed by atoms with Crippen molar-refractivity contribution in [3.05, 3.63) is 90.0 Å². The summed E-state index contributed by atoms with van der Waals surface area (Å²) < 4.78 is 0. The summed E-state index contributed by atoms with van der Waals surface area (Å²) >= 11 is 0. The topological polar surface area (TPSA) is 78.5 Å². The molecule has 146 valence electrons. The quantitative estimate of drug-likeness (QED) is 0.690. The number of amides is 3. The van der Waals surface area contributed by atoms with Gasteiger partial charge in [-0.2, -0.15) is 0 Å². The second kappa shape index (κ2) is 8.84. The molecule has 0 radical (unpaired) electrons. The molecule has 29 heavy (non-hydrogen) atoms. The van der Waals surface area contributed by atoms with Gasteiger partial charge in [-0.25, -0.2) is 0 Å². The Morgan fingerprint density at radius 1 is 0.724 bits per heavy atom. The third kappa shape index (κ3) is 5.07. The number of para-hydroxylation sites is 1. The Bertz CT molecular complexity index is 1030. The van der Waals surface area contributed by atoms with Crippen molar-refractivity contribution in [3.8, 4) is 0 Å². The van der Waals surface area contributed by atoms with Crippen LogP contribution in [0, 0.1) is 0 Å². The smallest absolute Gasteiger partial charge is 0.258 e. The molecular formula is C23H21N3O3. The summed E-state index contributed by atoms with van der Waals surface area (Å²) in [5.41, 5.74) is 2.86. The van der Waals surface area contributed by atoms with Gasteiger partial charge in [0.2, 0.25) is 5.91 Å². The molecule has 0 aromatic heterocycles. The minimum Gasteiger partial charge on any atom is -0.326 e. The van der Waals surface area contributed by atoms with Crippen molar-refractivity contribution in [2.24, 2.45) is 0 Å². The molecule has 3 rings (SSSR count). The number of carbonyl (C=O) groups is 3. The minimum atomic E-state index is -0.305. The van der Waals surface area contributed by atoms with Gasteiger partial charge in [-0.15, -0.1) is 0 Å². The summed E-state index contributed by atoms with van der Waals surface area (Å²) in [5, 5.41) is 5.45. The summed E-state index contributed by atoms with van der Waals surface area (Å²) in [7, 11) is 1.71. The zero-order chi connectivity index (χ0) is 20.8. The van der Waals surface area contributed by atoms with Crippen LogP contribution in [0.25, 0.3) is 0 Å². The van der Waals surface area contributed by atoms with E-state index in [9.17, 15) is 14.4 Å². The molecule has 3 amide bonds. The van der Waals surface area contributed by atoms with Crippen LogP contribution in [-0.2, 0) is 4.79 Å². The highest BCUT2D eigenvalue weighted by Gasteiger charge is 2.14. The number of nitrogens with one attached hydrogen (secondary N) is 2. The van der Waals surface area contributed by atoms with Gasteiger partial charge in [0.1, 0.15) is 0 Å². The first-order valence-corrected chi connectivity index (χ1v) is 9.06. The predicted molar refractivity (Wildman–Crippen MR) is 114 cm³/mol. The molecule has 0 bridgehead atoms. The number of benzene rings is 3. The Balaban J connectivity index is 1.69. The fraction of sp³-hybridized carbons (Fsp3) is 0.0870. The molecule has 3 aromatic carbocycles. The van der Waals surface area contributed by atoms with Crippen LogP contribution in [0.4, 0.5) is 17.1 Å². The van der Waals surface area contributed by atoms with E-state index in [-0.39, 0.29) is 17.7 Å². The fourth-order valence-electron chi connectivity index (χ4n) is 2.81. The van der Waals surface area contributed by atoms with Crippen LogP contribution in [0.1, 0.15) is 27.6 Å². The lowest BCUT2D eigenvalue weighted by molar-refractivity contribution is -0.114. The van der Waals surface area contributed by atoms with Gasteiger partial charge in [0.05, 0.1) is 0 Å². The van der Waals surface area contributed by atoms with Crippen LogP contribution in [0.3, 0.4) is 0 Å². The zero-order valence-electron chi connectivity index (χ0n) is 16.2. The zero-order valence-corrected chi connectivity index (χ0v) is 16.2. The van der Waals surface area contributed by atoms with Gasteiger partial charge in [0.25, 0.3) is 11.8 Å². The standard InChI is InChI=1S/C23H21N3O3/c1-16(27)24-19-7-6-8-20(15-19)25-22(28)17-11-13-18(14-12-17)23(29)26(2)21-9-4-3-5-10-21/h3-15H,1-2H3,(H,24,27)(H,25,28). The molecule has 0 saturated heterocycles. The normalized spacial score (nSPS) is 10.1. The lowest BCUT2D eigenvalue weighted by atomic mass is 10.1. The van der Waals surface area contributed by atoms with Gasteiger partial charge in [-0.05, 0) is 54.6 Å². The summed E-state index contributed by atoms with van der Waals surface area (Å²) in [4.78, 5) is 37.8. The van der Waals surface area contributed by atoms with Gasteiger partial charge < -0.3 is 15.5 Å². The van der Waals surface area contributed by atoms with Gasteiger partial charge in [-0.3, -0.25) is 14.4 Å². The van der Waals surface area contributed by atoms with E-state index in [1.165, 1.54) is 6.92 Å². The summed E-state index contributed by atoms with van der Waals surface area (Å²) in [6.07, 6.45) is 0. The second-order valence-electron chi connectivity index (χ2n) is 6.49. The molecule has 0 heterocycles.